The number of hydrogen-bond acceptors (Lipinski definition) is 2. The minimum absolute atomic E-state index is 0.274. The monoisotopic (exact) mass is 158 g/mol. The molecule has 0 radical (unpaired) electrons. The van der Waals surface area contributed by atoms with Crippen molar-refractivity contribution in [3.63, 3.8) is 0 Å². The van der Waals surface area contributed by atoms with Crippen LogP contribution in [0.5, 0.6) is 0 Å². The number of fused-ring (bicyclic) bond motifs is 1. The van der Waals surface area contributed by atoms with Gasteiger partial charge >= 0.3 is 0 Å². The maximum Gasteiger partial charge on any atom is 0.0944 e. The van der Waals surface area contributed by atoms with E-state index in [1.807, 2.05) is 0 Å². The smallest absolute Gasteiger partial charge is 0.0944 e. The number of hydrogen-bond donors (Lipinski definition) is 1. The minimum atomic E-state index is 0.274. The van der Waals surface area contributed by atoms with Gasteiger partial charge in [-0.3, -0.25) is 4.99 Å². The second-order valence-electron chi connectivity index (χ2n) is 3.31. The van der Waals surface area contributed by atoms with Crippen molar-refractivity contribution in [1.29, 1.82) is 0 Å². The van der Waals surface area contributed by atoms with Crippen LogP contribution in [0.3, 0.4) is 0 Å². The molecule has 1 saturated carbocycles. The minimum Gasteiger partial charge on any atom is -0.387 e. The van der Waals surface area contributed by atoms with Gasteiger partial charge in [-0.2, -0.15) is 0 Å². The summed E-state index contributed by atoms with van der Waals surface area (Å²) in [5.74, 6) is 2.05. The van der Waals surface area contributed by atoms with Gasteiger partial charge < -0.3 is 5.73 Å². The molecule has 2 rings (SSSR count). The third kappa shape index (κ3) is 0.749. The summed E-state index contributed by atoms with van der Waals surface area (Å²) in [5, 5.41) is 0.274. The van der Waals surface area contributed by atoms with Crippen LogP contribution in [0.2, 0.25) is 0 Å². The van der Waals surface area contributed by atoms with Gasteiger partial charge in [0.05, 0.1) is 17.3 Å². The Hall–Kier alpha value is -0.240. The maximum atomic E-state index is 5.96. The molecule has 1 fully saturated rings. The van der Waals surface area contributed by atoms with Crippen LogP contribution in [0, 0.1) is 11.8 Å². The molecule has 0 amide bonds. The fourth-order valence-corrected chi connectivity index (χ4v) is 2.34. The average molecular weight is 159 g/mol. The second kappa shape index (κ2) is 1.88. The number of rotatable bonds is 0. The Bertz CT molecular complexity index is 190. The zero-order chi connectivity index (χ0) is 7.30. The zero-order valence-corrected chi connectivity index (χ0v) is 6.67. The first-order valence-corrected chi connectivity index (χ1v) is 4.10. The van der Waals surface area contributed by atoms with Crippen LogP contribution < -0.4 is 5.73 Å². The zero-order valence-electron chi connectivity index (χ0n) is 5.92. The molecule has 0 spiro atoms. The van der Waals surface area contributed by atoms with Crippen LogP contribution in [0.4, 0.5) is 0 Å². The highest BCUT2D eigenvalue weighted by molar-refractivity contribution is 6.23. The molecule has 0 saturated heterocycles. The van der Waals surface area contributed by atoms with E-state index in [1.165, 1.54) is 0 Å². The maximum absolute atomic E-state index is 5.96. The van der Waals surface area contributed by atoms with Gasteiger partial charge in [0.2, 0.25) is 0 Å². The van der Waals surface area contributed by atoms with E-state index in [0.29, 0.717) is 17.9 Å². The number of nitrogens with zero attached hydrogens (tertiary/aromatic N) is 1. The van der Waals surface area contributed by atoms with Gasteiger partial charge in [-0.1, -0.05) is 6.92 Å². The van der Waals surface area contributed by atoms with E-state index in [0.717, 1.165) is 12.3 Å². The summed E-state index contributed by atoms with van der Waals surface area (Å²) in [6, 6.07) is 0.352. The van der Waals surface area contributed by atoms with E-state index in [2.05, 4.69) is 11.9 Å². The molecule has 0 aromatic heterocycles. The van der Waals surface area contributed by atoms with Gasteiger partial charge in [-0.25, -0.2) is 0 Å². The van der Waals surface area contributed by atoms with Crippen molar-refractivity contribution in [2.45, 2.75) is 24.8 Å². The average Bonchev–Trinajstić information content (AvgIpc) is 2.42. The van der Waals surface area contributed by atoms with E-state index >= 15 is 0 Å². The van der Waals surface area contributed by atoms with Crippen molar-refractivity contribution in [1.82, 2.24) is 0 Å². The quantitative estimate of drug-likeness (QED) is 0.525. The van der Waals surface area contributed by atoms with E-state index < -0.39 is 0 Å². The number of amidine groups is 1. The first-order valence-electron chi connectivity index (χ1n) is 3.66. The van der Waals surface area contributed by atoms with Crippen LogP contribution in [0.1, 0.15) is 13.3 Å². The van der Waals surface area contributed by atoms with Crippen molar-refractivity contribution < 1.29 is 0 Å². The highest BCUT2D eigenvalue weighted by Gasteiger charge is 2.54. The predicted octanol–water partition coefficient (Wildman–Crippen LogP) is 0.989. The molecule has 1 heterocycles. The Labute approximate surface area is 65.5 Å². The lowest BCUT2D eigenvalue weighted by atomic mass is 9.99. The third-order valence-corrected chi connectivity index (χ3v) is 3.00. The van der Waals surface area contributed by atoms with Gasteiger partial charge in [-0.05, 0) is 5.92 Å². The highest BCUT2D eigenvalue weighted by Crippen LogP contribution is 2.48. The molecular formula is C7H11ClN2. The molecule has 0 aromatic rings. The van der Waals surface area contributed by atoms with Gasteiger partial charge in [0.25, 0.3) is 0 Å². The molecule has 2 aliphatic rings. The number of aliphatic imine (C=N–C) groups is 1. The molecule has 1 aliphatic heterocycles. The Balaban J connectivity index is 2.18. The first kappa shape index (κ1) is 6.47. The van der Waals surface area contributed by atoms with Crippen LogP contribution in [0.25, 0.3) is 0 Å². The lowest BCUT2D eigenvalue weighted by molar-refractivity contribution is 0.499. The lowest BCUT2D eigenvalue weighted by Gasteiger charge is -2.13. The van der Waals surface area contributed by atoms with Crippen LogP contribution in [-0.2, 0) is 0 Å². The topological polar surface area (TPSA) is 38.4 Å². The molecule has 3 heteroatoms. The van der Waals surface area contributed by atoms with Gasteiger partial charge in [-0.15, -0.1) is 11.6 Å². The SMILES string of the molecule is CC1CC(N)=N[C@@H]2[C@@H](Cl)[C@@H]12. The Morgan fingerprint density at radius 1 is 1.70 bits per heavy atom. The molecule has 1 aliphatic carbocycles. The van der Waals surface area contributed by atoms with Crippen molar-refractivity contribution in [2.24, 2.45) is 22.6 Å². The van der Waals surface area contributed by atoms with Crippen LogP contribution >= 0.6 is 11.6 Å². The molecule has 4 atom stereocenters. The van der Waals surface area contributed by atoms with Gasteiger partial charge in [0.1, 0.15) is 0 Å². The largest absolute Gasteiger partial charge is 0.387 e. The summed E-state index contributed by atoms with van der Waals surface area (Å²) < 4.78 is 0. The molecule has 1 unspecified atom stereocenters. The summed E-state index contributed by atoms with van der Waals surface area (Å²) >= 11 is 5.96. The summed E-state index contributed by atoms with van der Waals surface area (Å²) in [6.07, 6.45) is 0.935. The van der Waals surface area contributed by atoms with Crippen molar-refractivity contribution in [2.75, 3.05) is 0 Å². The van der Waals surface area contributed by atoms with Crippen molar-refractivity contribution in [3.8, 4) is 0 Å². The first-order chi connectivity index (χ1) is 4.70. The highest BCUT2D eigenvalue weighted by atomic mass is 35.5. The predicted molar refractivity (Wildman–Crippen MR) is 42.3 cm³/mol. The summed E-state index contributed by atoms with van der Waals surface area (Å²) in [4.78, 5) is 4.25. The summed E-state index contributed by atoms with van der Waals surface area (Å²) in [7, 11) is 0. The molecule has 10 heavy (non-hydrogen) atoms. The molecule has 0 aromatic carbocycles. The molecule has 2 nitrogen and oxygen atoms in total. The van der Waals surface area contributed by atoms with Gasteiger partial charge in [0, 0.05) is 12.3 Å². The lowest BCUT2D eigenvalue weighted by Crippen LogP contribution is -2.22. The van der Waals surface area contributed by atoms with Crippen LogP contribution in [-0.4, -0.2) is 17.3 Å². The third-order valence-electron chi connectivity index (χ3n) is 2.45. The van der Waals surface area contributed by atoms with Crippen molar-refractivity contribution in [3.05, 3.63) is 0 Å². The number of halogens is 1. The Kier molecular flexibility index (Phi) is 1.21. The normalized spacial score (nSPS) is 51.6. The fourth-order valence-electron chi connectivity index (χ4n) is 1.80. The van der Waals surface area contributed by atoms with E-state index in [4.69, 9.17) is 17.3 Å². The Morgan fingerprint density at radius 2 is 2.40 bits per heavy atom. The standard InChI is InChI=1S/C7H11ClN2/c1-3-2-4(9)10-7-5(3)6(7)8/h3,5-7H,2H2,1H3,(H2,9,10)/t3?,5-,6+,7+/m1/s1. The fraction of sp³-hybridized carbons (Fsp3) is 0.857. The number of alkyl halides is 1. The van der Waals surface area contributed by atoms with E-state index in [9.17, 15) is 0 Å². The van der Waals surface area contributed by atoms with Crippen LogP contribution in [0.15, 0.2) is 4.99 Å². The van der Waals surface area contributed by atoms with E-state index in [1.54, 1.807) is 0 Å². The molecule has 56 valence electrons. The van der Waals surface area contributed by atoms with Crippen molar-refractivity contribution >= 4 is 17.4 Å². The number of nitrogens with two attached hydrogens (primary N) is 1. The summed E-state index contributed by atoms with van der Waals surface area (Å²) in [5.41, 5.74) is 5.60. The second-order valence-corrected chi connectivity index (χ2v) is 3.82. The Morgan fingerprint density at radius 3 is 3.00 bits per heavy atom. The molecular weight excluding hydrogens is 148 g/mol. The molecule has 0 bridgehead atoms. The molecule has 2 N–H and O–H groups in total. The van der Waals surface area contributed by atoms with E-state index in [-0.39, 0.29) is 5.38 Å². The summed E-state index contributed by atoms with van der Waals surface area (Å²) in [6.45, 7) is 2.20. The van der Waals surface area contributed by atoms with Gasteiger partial charge in [0.15, 0.2) is 0 Å².